The molecule has 2 saturated carbocycles. The Morgan fingerprint density at radius 2 is 1.96 bits per heavy atom. The number of aromatic amines is 1. The van der Waals surface area contributed by atoms with Crippen molar-refractivity contribution in [3.05, 3.63) is 94.6 Å². The Labute approximate surface area is 281 Å². The van der Waals surface area contributed by atoms with Crippen LogP contribution < -0.4 is 16.8 Å². The predicted molar refractivity (Wildman–Crippen MR) is 183 cm³/mol. The first-order valence-corrected chi connectivity index (χ1v) is 17.1. The quantitative estimate of drug-likeness (QED) is 0.264. The van der Waals surface area contributed by atoms with Gasteiger partial charge in [0.2, 0.25) is 11.8 Å². The molecular weight excluding hydrogens is 600 g/mol. The first-order chi connectivity index (χ1) is 23.1. The first kappa shape index (κ1) is 31.8. The number of amides is 2. The minimum atomic E-state index is -0.619. The molecule has 2 heterocycles. The molecule has 2 aromatic carbocycles. The normalized spacial score (nSPS) is 27.8. The summed E-state index contributed by atoms with van der Waals surface area (Å²) in [6, 6.07) is 16.3. The average molecular weight is 645 g/mol. The molecule has 4 unspecified atom stereocenters. The number of nitriles is 1. The monoisotopic (exact) mass is 644 g/mol. The number of fused-ring (bicyclic) bond motifs is 3. The number of aryl methyl sites for hydroxylation is 2. The second-order valence-electron chi connectivity index (χ2n) is 14.5. The largest absolute Gasteiger partial charge is 0.402 e. The van der Waals surface area contributed by atoms with Crippen molar-refractivity contribution in [2.45, 2.75) is 76.3 Å². The number of carbonyl (C=O) groups excluding carboxylic acids is 2. The van der Waals surface area contributed by atoms with E-state index in [1.54, 1.807) is 4.90 Å². The number of nitrogens with two attached hydrogens (primary N) is 2. The highest BCUT2D eigenvalue weighted by molar-refractivity contribution is 5.93. The number of benzene rings is 2. The smallest absolute Gasteiger partial charge is 0.248 e. The topological polar surface area (TPSA) is 167 Å². The lowest BCUT2D eigenvalue weighted by atomic mass is 9.57. The number of carbonyl (C=O) groups is 2. The number of nitrogens with one attached hydrogen (secondary N) is 2. The van der Waals surface area contributed by atoms with Gasteiger partial charge in [0.15, 0.2) is 5.82 Å². The van der Waals surface area contributed by atoms with Crippen LogP contribution in [0, 0.1) is 41.9 Å². The Morgan fingerprint density at radius 3 is 2.69 bits per heavy atom. The van der Waals surface area contributed by atoms with Gasteiger partial charge < -0.3 is 16.8 Å². The first-order valence-electron chi connectivity index (χ1n) is 17.1. The lowest BCUT2D eigenvalue weighted by Gasteiger charge is -2.48. The maximum Gasteiger partial charge on any atom is 0.248 e. The fourth-order valence-corrected chi connectivity index (χ4v) is 8.90. The Balaban J connectivity index is 1.30. The van der Waals surface area contributed by atoms with Gasteiger partial charge in [-0.3, -0.25) is 19.6 Å². The Bertz CT molecular complexity index is 1840. The third kappa shape index (κ3) is 5.60. The fraction of sp³-hybridized carbons (Fsp3) is 0.447. The van der Waals surface area contributed by atoms with Gasteiger partial charge in [0.1, 0.15) is 17.6 Å². The van der Waals surface area contributed by atoms with E-state index in [4.69, 9.17) is 21.5 Å². The Hall–Kier alpha value is -4.75. The Kier molecular flexibility index (Phi) is 8.20. The van der Waals surface area contributed by atoms with Crippen LogP contribution in [0.25, 0.3) is 11.4 Å². The van der Waals surface area contributed by atoms with Gasteiger partial charge in [-0.05, 0) is 106 Å². The van der Waals surface area contributed by atoms with Gasteiger partial charge in [-0.15, -0.1) is 0 Å². The maximum absolute atomic E-state index is 13.4. The van der Waals surface area contributed by atoms with Crippen LogP contribution in [0.15, 0.2) is 66.5 Å². The van der Waals surface area contributed by atoms with Crippen LogP contribution in [0.4, 0.5) is 0 Å². The zero-order valence-electron chi connectivity index (χ0n) is 27.7. The van der Waals surface area contributed by atoms with Crippen molar-refractivity contribution in [1.82, 2.24) is 25.4 Å². The van der Waals surface area contributed by atoms with Gasteiger partial charge in [0, 0.05) is 34.8 Å². The van der Waals surface area contributed by atoms with Crippen molar-refractivity contribution >= 4 is 11.8 Å². The van der Waals surface area contributed by atoms with Gasteiger partial charge in [-0.25, -0.2) is 4.98 Å². The van der Waals surface area contributed by atoms with E-state index in [-0.39, 0.29) is 36.4 Å². The Morgan fingerprint density at radius 1 is 1.17 bits per heavy atom. The van der Waals surface area contributed by atoms with Crippen LogP contribution in [-0.4, -0.2) is 50.5 Å². The number of nitrogens with zero attached hydrogens (tertiary/aromatic N) is 4. The lowest BCUT2D eigenvalue weighted by molar-refractivity contribution is -0.128. The van der Waals surface area contributed by atoms with Crippen LogP contribution in [0.3, 0.4) is 0 Å². The number of H-pyrrole nitrogens is 1. The van der Waals surface area contributed by atoms with E-state index in [1.807, 2.05) is 30.3 Å². The summed E-state index contributed by atoms with van der Waals surface area (Å²) in [5, 5.41) is 21.3. The molecule has 0 saturated heterocycles. The van der Waals surface area contributed by atoms with Gasteiger partial charge in [-0.1, -0.05) is 42.5 Å². The van der Waals surface area contributed by atoms with Crippen LogP contribution in [0.1, 0.15) is 78.3 Å². The number of hydrogen-bond acceptors (Lipinski definition) is 7. The molecule has 48 heavy (non-hydrogen) atoms. The van der Waals surface area contributed by atoms with Crippen molar-refractivity contribution < 1.29 is 9.59 Å². The number of aromatic nitrogens is 3. The molecular formula is C38H44N8O2. The molecule has 6 N–H and O–H groups in total. The van der Waals surface area contributed by atoms with Gasteiger partial charge in [0.05, 0.1) is 12.0 Å². The summed E-state index contributed by atoms with van der Waals surface area (Å²) >= 11 is 0. The molecule has 0 bridgehead atoms. The minimum Gasteiger partial charge on any atom is -0.402 e. The fourth-order valence-electron chi connectivity index (χ4n) is 8.90. The molecule has 248 valence electrons. The molecule has 0 spiro atoms. The summed E-state index contributed by atoms with van der Waals surface area (Å²) in [5.74, 6) is 1.93. The number of allylic oxidation sites excluding steroid dienone is 2. The van der Waals surface area contributed by atoms with E-state index in [1.165, 1.54) is 0 Å². The number of primary amides is 1. The predicted octanol–water partition coefficient (Wildman–Crippen LogP) is 4.62. The molecule has 2 amide bonds. The summed E-state index contributed by atoms with van der Waals surface area (Å²) in [7, 11) is 0. The molecule has 7 rings (SSSR count). The van der Waals surface area contributed by atoms with E-state index in [0.29, 0.717) is 35.3 Å². The van der Waals surface area contributed by atoms with Crippen LogP contribution in [0.5, 0.6) is 0 Å². The van der Waals surface area contributed by atoms with Crippen LogP contribution in [-0.2, 0) is 16.6 Å². The number of rotatable bonds is 9. The van der Waals surface area contributed by atoms with Crippen molar-refractivity contribution in [2.24, 2.45) is 35.1 Å². The standard InChI is InChI=1S/C38H44N8O2/c1-21-4-6-24(7-5-21)36-43-37(45-44-36)38(18-22(2)42-20-34(47)46-30(19-39)16-29-17-33(29)46)31-12-10-25(23(3)40)14-26(31)8-9-27-15-28(35(41)48)11-13-32(27)38/h4-7,11,13,15-16,22,25-26,29,31,33,42H,3,8-10,12,14,17-18,20,40H2,1-2H3,(H2,41,48)(H,43,44,45)/t22-,25?,26?,29+,31?,33-,38?/m0/s1. The lowest BCUT2D eigenvalue weighted by Crippen LogP contribution is -2.49. The molecule has 0 radical (unpaired) electrons. The number of hydrogen-bond donors (Lipinski definition) is 4. The minimum absolute atomic E-state index is 0.0813. The third-order valence-corrected chi connectivity index (χ3v) is 11.4. The molecule has 2 fully saturated rings. The summed E-state index contributed by atoms with van der Waals surface area (Å²) in [4.78, 5) is 32.7. The van der Waals surface area contributed by atoms with E-state index in [9.17, 15) is 14.9 Å². The van der Waals surface area contributed by atoms with Crippen LogP contribution >= 0.6 is 0 Å². The van der Waals surface area contributed by atoms with E-state index in [0.717, 1.165) is 72.3 Å². The molecule has 10 nitrogen and oxygen atoms in total. The summed E-state index contributed by atoms with van der Waals surface area (Å²) in [6.07, 6.45) is 7.98. The van der Waals surface area contributed by atoms with Crippen molar-refractivity contribution in [1.29, 1.82) is 5.26 Å². The summed E-state index contributed by atoms with van der Waals surface area (Å²) in [6.45, 7) is 8.41. The molecule has 3 aromatic rings. The highest BCUT2D eigenvalue weighted by Crippen LogP contribution is 2.55. The molecule has 1 aliphatic heterocycles. The highest BCUT2D eigenvalue weighted by Gasteiger charge is 2.53. The van der Waals surface area contributed by atoms with Crippen molar-refractivity contribution in [3.63, 3.8) is 0 Å². The molecule has 7 atom stereocenters. The zero-order valence-corrected chi connectivity index (χ0v) is 27.7. The summed E-state index contributed by atoms with van der Waals surface area (Å²) < 4.78 is 0. The van der Waals surface area contributed by atoms with E-state index < -0.39 is 11.3 Å². The molecule has 3 aliphatic carbocycles. The maximum atomic E-state index is 13.4. The summed E-state index contributed by atoms with van der Waals surface area (Å²) in [5.41, 5.74) is 17.4. The van der Waals surface area contributed by atoms with E-state index in [2.05, 4.69) is 55.1 Å². The van der Waals surface area contributed by atoms with E-state index >= 15 is 0 Å². The van der Waals surface area contributed by atoms with Gasteiger partial charge in [-0.2, -0.15) is 10.4 Å². The zero-order chi connectivity index (χ0) is 33.7. The van der Waals surface area contributed by atoms with Gasteiger partial charge >= 0.3 is 0 Å². The average Bonchev–Trinajstić information content (AvgIpc) is 3.51. The second-order valence-corrected chi connectivity index (χ2v) is 14.5. The van der Waals surface area contributed by atoms with Crippen LogP contribution in [0.2, 0.25) is 0 Å². The van der Waals surface area contributed by atoms with Gasteiger partial charge in [0.25, 0.3) is 0 Å². The molecule has 4 aliphatic rings. The highest BCUT2D eigenvalue weighted by atomic mass is 16.2. The molecule has 1 aromatic heterocycles. The molecule has 10 heteroatoms. The third-order valence-electron chi connectivity index (χ3n) is 11.4. The van der Waals surface area contributed by atoms with Crippen molar-refractivity contribution in [2.75, 3.05) is 6.54 Å². The SMILES string of the molecule is C=C(N)C1CCC2C(CCc3cc(C(N)=O)ccc3C2(C[C@H](C)NCC(=O)N2C(C#N)=C[C@@H]3C[C@@H]32)c2nc(-c3ccc(C)cc3)n[nH]2)C1. The second kappa shape index (κ2) is 12.4. The van der Waals surface area contributed by atoms with Crippen molar-refractivity contribution in [3.8, 4) is 17.5 Å².